The van der Waals surface area contributed by atoms with Crippen LogP contribution in [0.15, 0.2) is 0 Å². The van der Waals surface area contributed by atoms with E-state index in [-0.39, 0.29) is 18.3 Å². The maximum absolute atomic E-state index is 12.3. The van der Waals surface area contributed by atoms with Gasteiger partial charge in [0.25, 0.3) is 0 Å². The van der Waals surface area contributed by atoms with Crippen molar-refractivity contribution in [2.75, 3.05) is 5.32 Å². The molecule has 2 atom stereocenters. The predicted octanol–water partition coefficient (Wildman–Crippen LogP) is 2.32. The van der Waals surface area contributed by atoms with E-state index in [0.717, 1.165) is 29.9 Å². The Kier molecular flexibility index (Phi) is 4.94. The minimum Gasteiger partial charge on any atom is -0.323 e. The molecule has 0 spiro atoms. The number of carbonyl (C=O) groups is 1. The van der Waals surface area contributed by atoms with Gasteiger partial charge in [-0.15, -0.1) is 12.4 Å². The SMILES string of the molecule is Cc1nn(C)c(C)c1NC(=O)CC1CC2CCC(C1)N2.Cl. The van der Waals surface area contributed by atoms with Crippen molar-refractivity contribution in [3.05, 3.63) is 11.4 Å². The first kappa shape index (κ1) is 16.3. The van der Waals surface area contributed by atoms with E-state index in [2.05, 4.69) is 15.7 Å². The first-order valence-corrected chi connectivity index (χ1v) is 7.59. The van der Waals surface area contributed by atoms with E-state index in [0.29, 0.717) is 24.4 Å². The summed E-state index contributed by atoms with van der Waals surface area (Å²) in [7, 11) is 1.91. The summed E-state index contributed by atoms with van der Waals surface area (Å²) in [6.45, 7) is 3.92. The normalized spacial score (nSPS) is 27.3. The van der Waals surface area contributed by atoms with Gasteiger partial charge in [-0.3, -0.25) is 9.48 Å². The highest BCUT2D eigenvalue weighted by Gasteiger charge is 2.34. The molecule has 2 aliphatic heterocycles. The molecule has 2 fully saturated rings. The number of nitrogens with one attached hydrogen (secondary N) is 2. The molecule has 2 bridgehead atoms. The van der Waals surface area contributed by atoms with Gasteiger partial charge in [-0.2, -0.15) is 5.10 Å². The van der Waals surface area contributed by atoms with Crippen molar-refractivity contribution >= 4 is 24.0 Å². The number of aryl methyl sites for hydroxylation is 2. The Hall–Kier alpha value is -1.07. The highest BCUT2D eigenvalue weighted by atomic mass is 35.5. The van der Waals surface area contributed by atoms with Crippen LogP contribution >= 0.6 is 12.4 Å². The van der Waals surface area contributed by atoms with Gasteiger partial charge in [-0.05, 0) is 45.4 Å². The van der Waals surface area contributed by atoms with Crippen molar-refractivity contribution in [1.29, 1.82) is 0 Å². The molecule has 0 aliphatic carbocycles. The number of hydrogen-bond acceptors (Lipinski definition) is 3. The fourth-order valence-corrected chi connectivity index (χ4v) is 3.75. The Morgan fingerprint density at radius 2 is 1.95 bits per heavy atom. The lowest BCUT2D eigenvalue weighted by Gasteiger charge is -2.28. The zero-order valence-electron chi connectivity index (χ0n) is 13.0. The highest BCUT2D eigenvalue weighted by molar-refractivity contribution is 5.92. The average Bonchev–Trinajstić information content (AvgIpc) is 2.84. The number of aromatic nitrogens is 2. The van der Waals surface area contributed by atoms with Crippen LogP contribution in [-0.2, 0) is 11.8 Å². The number of nitrogens with zero attached hydrogens (tertiary/aromatic N) is 2. The minimum atomic E-state index is 0. The summed E-state index contributed by atoms with van der Waals surface area (Å²) in [4.78, 5) is 12.3. The smallest absolute Gasteiger partial charge is 0.224 e. The summed E-state index contributed by atoms with van der Waals surface area (Å²) in [6.07, 6.45) is 5.50. The second-order valence-corrected chi connectivity index (χ2v) is 6.40. The third-order valence-corrected chi connectivity index (χ3v) is 4.82. The summed E-state index contributed by atoms with van der Waals surface area (Å²) < 4.78 is 1.82. The first-order chi connectivity index (χ1) is 9.52. The Morgan fingerprint density at radius 3 is 2.48 bits per heavy atom. The topological polar surface area (TPSA) is 59.0 Å². The van der Waals surface area contributed by atoms with Gasteiger partial charge in [0.1, 0.15) is 0 Å². The average molecular weight is 313 g/mol. The zero-order valence-corrected chi connectivity index (χ0v) is 13.8. The van der Waals surface area contributed by atoms with Crippen LogP contribution in [0.2, 0.25) is 0 Å². The zero-order chi connectivity index (χ0) is 14.3. The molecule has 2 unspecified atom stereocenters. The Morgan fingerprint density at radius 1 is 1.33 bits per heavy atom. The van der Waals surface area contributed by atoms with Gasteiger partial charge in [0.05, 0.1) is 17.1 Å². The number of rotatable bonds is 3. The van der Waals surface area contributed by atoms with E-state index in [1.807, 2.05) is 25.6 Å². The van der Waals surface area contributed by atoms with Crippen LogP contribution in [-0.4, -0.2) is 27.8 Å². The molecule has 118 valence electrons. The number of piperidine rings is 1. The summed E-state index contributed by atoms with van der Waals surface area (Å²) >= 11 is 0. The van der Waals surface area contributed by atoms with Crippen molar-refractivity contribution < 1.29 is 4.79 Å². The van der Waals surface area contributed by atoms with Crippen molar-refractivity contribution in [1.82, 2.24) is 15.1 Å². The molecule has 3 heterocycles. The fourth-order valence-electron chi connectivity index (χ4n) is 3.75. The maximum atomic E-state index is 12.3. The second kappa shape index (κ2) is 6.36. The minimum absolute atomic E-state index is 0. The van der Waals surface area contributed by atoms with Gasteiger partial charge < -0.3 is 10.6 Å². The van der Waals surface area contributed by atoms with Crippen molar-refractivity contribution in [2.24, 2.45) is 13.0 Å². The van der Waals surface area contributed by atoms with Gasteiger partial charge in [-0.1, -0.05) is 0 Å². The summed E-state index contributed by atoms with van der Waals surface area (Å²) in [6, 6.07) is 1.29. The van der Waals surface area contributed by atoms with Gasteiger partial charge in [0.15, 0.2) is 0 Å². The molecule has 2 saturated heterocycles. The number of fused-ring (bicyclic) bond motifs is 2. The van der Waals surface area contributed by atoms with Gasteiger partial charge in [0.2, 0.25) is 5.91 Å². The van der Waals surface area contributed by atoms with E-state index in [9.17, 15) is 4.79 Å². The lowest BCUT2D eigenvalue weighted by molar-refractivity contribution is -0.117. The van der Waals surface area contributed by atoms with Gasteiger partial charge in [0, 0.05) is 25.6 Å². The van der Waals surface area contributed by atoms with Crippen LogP contribution in [0.4, 0.5) is 5.69 Å². The van der Waals surface area contributed by atoms with Crippen molar-refractivity contribution in [2.45, 2.75) is 58.0 Å². The second-order valence-electron chi connectivity index (χ2n) is 6.40. The number of hydrogen-bond donors (Lipinski definition) is 2. The molecule has 0 aromatic carbocycles. The molecule has 1 amide bonds. The van der Waals surface area contributed by atoms with E-state index >= 15 is 0 Å². The Labute approximate surface area is 132 Å². The van der Waals surface area contributed by atoms with Crippen molar-refractivity contribution in [3.63, 3.8) is 0 Å². The molecular weight excluding hydrogens is 288 g/mol. The molecule has 6 heteroatoms. The number of amides is 1. The van der Waals surface area contributed by atoms with E-state index in [1.165, 1.54) is 12.8 Å². The molecule has 21 heavy (non-hydrogen) atoms. The molecule has 3 rings (SSSR count). The molecular formula is C15H25ClN4O. The maximum Gasteiger partial charge on any atom is 0.224 e. The van der Waals surface area contributed by atoms with Crippen molar-refractivity contribution in [3.8, 4) is 0 Å². The van der Waals surface area contributed by atoms with Crippen LogP contribution in [0.25, 0.3) is 0 Å². The molecule has 5 nitrogen and oxygen atoms in total. The van der Waals surface area contributed by atoms with Crippen LogP contribution in [0, 0.1) is 19.8 Å². The number of halogens is 1. The fraction of sp³-hybridized carbons (Fsp3) is 0.733. The number of anilines is 1. The van der Waals surface area contributed by atoms with Gasteiger partial charge >= 0.3 is 0 Å². The van der Waals surface area contributed by atoms with E-state index in [1.54, 1.807) is 0 Å². The molecule has 1 aromatic rings. The highest BCUT2D eigenvalue weighted by Crippen LogP contribution is 2.33. The largest absolute Gasteiger partial charge is 0.323 e. The quantitative estimate of drug-likeness (QED) is 0.900. The standard InChI is InChI=1S/C15H24N4O.ClH/c1-9-15(10(2)19(3)18-9)17-14(20)8-11-6-12-4-5-13(7-11)16-12;/h11-13,16H,4-8H2,1-3H3,(H,17,20);1H. The Bertz CT molecular complexity index is 516. The van der Waals surface area contributed by atoms with Crippen LogP contribution in [0.1, 0.15) is 43.5 Å². The van der Waals surface area contributed by atoms with Gasteiger partial charge in [-0.25, -0.2) is 0 Å². The Balaban J connectivity index is 0.00000161. The molecule has 1 aromatic heterocycles. The van der Waals surface area contributed by atoms with E-state index < -0.39 is 0 Å². The monoisotopic (exact) mass is 312 g/mol. The lowest BCUT2D eigenvalue weighted by atomic mass is 9.89. The first-order valence-electron chi connectivity index (χ1n) is 7.59. The lowest BCUT2D eigenvalue weighted by Crippen LogP contribution is -2.39. The van der Waals surface area contributed by atoms with Crippen LogP contribution < -0.4 is 10.6 Å². The predicted molar refractivity (Wildman–Crippen MR) is 85.8 cm³/mol. The number of carbonyl (C=O) groups excluding carboxylic acids is 1. The molecule has 2 N–H and O–H groups in total. The summed E-state index contributed by atoms with van der Waals surface area (Å²) in [5.74, 6) is 0.668. The summed E-state index contributed by atoms with van der Waals surface area (Å²) in [5.41, 5.74) is 2.79. The van der Waals surface area contributed by atoms with Crippen LogP contribution in [0.5, 0.6) is 0 Å². The third kappa shape index (κ3) is 3.40. The summed E-state index contributed by atoms with van der Waals surface area (Å²) in [5, 5.41) is 11.0. The van der Waals surface area contributed by atoms with Crippen LogP contribution in [0.3, 0.4) is 0 Å². The third-order valence-electron chi connectivity index (χ3n) is 4.82. The molecule has 0 saturated carbocycles. The molecule has 0 radical (unpaired) electrons. The van der Waals surface area contributed by atoms with E-state index in [4.69, 9.17) is 0 Å². The molecule has 2 aliphatic rings.